The van der Waals surface area contributed by atoms with Gasteiger partial charge in [0.15, 0.2) is 0 Å². The highest BCUT2D eigenvalue weighted by atomic mass is 15.2. The van der Waals surface area contributed by atoms with Gasteiger partial charge in [-0.25, -0.2) is 0 Å². The average Bonchev–Trinajstić information content (AvgIpc) is 2.56. The van der Waals surface area contributed by atoms with Crippen LogP contribution >= 0.6 is 0 Å². The Hall–Kier alpha value is -0.860. The van der Waals surface area contributed by atoms with Gasteiger partial charge in [-0.2, -0.15) is 0 Å². The zero-order valence-electron chi connectivity index (χ0n) is 16.2. The van der Waals surface area contributed by atoms with Crippen LogP contribution in [0.5, 0.6) is 0 Å². The van der Waals surface area contributed by atoms with Gasteiger partial charge in [0.2, 0.25) is 0 Å². The summed E-state index contributed by atoms with van der Waals surface area (Å²) >= 11 is 0. The van der Waals surface area contributed by atoms with Crippen LogP contribution in [-0.4, -0.2) is 48.1 Å². The number of rotatable bonds is 3. The minimum Gasteiger partial charge on any atom is -0.303 e. The summed E-state index contributed by atoms with van der Waals surface area (Å²) in [6.07, 6.45) is 5.44. The van der Waals surface area contributed by atoms with E-state index in [9.17, 15) is 0 Å². The SMILES string of the molecule is Cc1ccc(C2CCN(CC3CCN(C(C)(C)C)CC3)CC2)cc1. The van der Waals surface area contributed by atoms with Crippen molar-refractivity contribution in [3.8, 4) is 0 Å². The van der Waals surface area contributed by atoms with Crippen LogP contribution in [0, 0.1) is 12.8 Å². The quantitative estimate of drug-likeness (QED) is 0.794. The van der Waals surface area contributed by atoms with Crippen molar-refractivity contribution in [2.24, 2.45) is 5.92 Å². The molecular formula is C22H36N2. The molecule has 3 rings (SSSR count). The van der Waals surface area contributed by atoms with Crippen LogP contribution in [0.4, 0.5) is 0 Å². The molecule has 2 aliphatic rings. The topological polar surface area (TPSA) is 6.48 Å². The molecule has 1 aromatic carbocycles. The Morgan fingerprint density at radius 2 is 1.46 bits per heavy atom. The summed E-state index contributed by atoms with van der Waals surface area (Å²) in [5.41, 5.74) is 3.27. The van der Waals surface area contributed by atoms with E-state index in [1.165, 1.54) is 64.0 Å². The lowest BCUT2D eigenvalue weighted by Gasteiger charge is -2.42. The summed E-state index contributed by atoms with van der Waals surface area (Å²) < 4.78 is 0. The minimum absolute atomic E-state index is 0.345. The van der Waals surface area contributed by atoms with E-state index in [4.69, 9.17) is 0 Å². The third-order valence-electron chi connectivity index (χ3n) is 6.22. The highest BCUT2D eigenvalue weighted by Crippen LogP contribution is 2.30. The van der Waals surface area contributed by atoms with Gasteiger partial charge in [0.05, 0.1) is 0 Å². The van der Waals surface area contributed by atoms with Gasteiger partial charge in [-0.3, -0.25) is 4.90 Å². The molecule has 2 nitrogen and oxygen atoms in total. The normalized spacial score (nSPS) is 22.8. The van der Waals surface area contributed by atoms with Crippen molar-refractivity contribution in [1.82, 2.24) is 9.80 Å². The predicted molar refractivity (Wildman–Crippen MR) is 104 cm³/mol. The van der Waals surface area contributed by atoms with E-state index >= 15 is 0 Å². The summed E-state index contributed by atoms with van der Waals surface area (Å²) in [6, 6.07) is 9.23. The van der Waals surface area contributed by atoms with Gasteiger partial charge < -0.3 is 4.90 Å². The van der Waals surface area contributed by atoms with Crippen LogP contribution in [-0.2, 0) is 0 Å². The van der Waals surface area contributed by atoms with Crippen molar-refractivity contribution in [2.45, 2.75) is 64.8 Å². The third-order valence-corrected chi connectivity index (χ3v) is 6.22. The zero-order valence-corrected chi connectivity index (χ0v) is 16.2. The van der Waals surface area contributed by atoms with Gasteiger partial charge in [-0.05, 0) is 97.0 Å². The second kappa shape index (κ2) is 7.58. The number of aryl methyl sites for hydroxylation is 1. The largest absolute Gasteiger partial charge is 0.303 e. The Kier molecular flexibility index (Phi) is 5.66. The van der Waals surface area contributed by atoms with Gasteiger partial charge >= 0.3 is 0 Å². The second-order valence-electron chi connectivity index (χ2n) is 9.09. The maximum Gasteiger partial charge on any atom is 0.0125 e. The van der Waals surface area contributed by atoms with E-state index in [0.717, 1.165) is 11.8 Å². The van der Waals surface area contributed by atoms with Crippen LogP contribution in [0.2, 0.25) is 0 Å². The molecule has 2 heteroatoms. The number of hydrogen-bond donors (Lipinski definition) is 0. The molecule has 2 saturated heterocycles. The molecule has 0 amide bonds. The van der Waals surface area contributed by atoms with Crippen LogP contribution in [0.3, 0.4) is 0 Å². The summed E-state index contributed by atoms with van der Waals surface area (Å²) in [4.78, 5) is 5.40. The fourth-order valence-corrected chi connectivity index (χ4v) is 4.44. The van der Waals surface area contributed by atoms with Crippen molar-refractivity contribution in [2.75, 3.05) is 32.7 Å². The van der Waals surface area contributed by atoms with E-state index in [0.29, 0.717) is 5.54 Å². The Morgan fingerprint density at radius 3 is 2.00 bits per heavy atom. The first-order valence-electron chi connectivity index (χ1n) is 9.96. The smallest absolute Gasteiger partial charge is 0.0125 e. The minimum atomic E-state index is 0.345. The fraction of sp³-hybridized carbons (Fsp3) is 0.727. The molecular weight excluding hydrogens is 292 g/mol. The van der Waals surface area contributed by atoms with Crippen LogP contribution in [0.15, 0.2) is 24.3 Å². The maximum atomic E-state index is 2.74. The maximum absolute atomic E-state index is 2.74. The highest BCUT2D eigenvalue weighted by molar-refractivity contribution is 5.24. The Labute approximate surface area is 149 Å². The highest BCUT2D eigenvalue weighted by Gasteiger charge is 2.29. The Morgan fingerprint density at radius 1 is 0.875 bits per heavy atom. The van der Waals surface area contributed by atoms with Gasteiger partial charge in [0.1, 0.15) is 0 Å². The third kappa shape index (κ3) is 4.61. The van der Waals surface area contributed by atoms with Crippen LogP contribution in [0.25, 0.3) is 0 Å². The van der Waals surface area contributed by atoms with E-state index < -0.39 is 0 Å². The molecule has 24 heavy (non-hydrogen) atoms. The lowest BCUT2D eigenvalue weighted by Crippen LogP contribution is -2.48. The number of likely N-dealkylation sites (tertiary alicyclic amines) is 2. The molecule has 0 saturated carbocycles. The number of hydrogen-bond acceptors (Lipinski definition) is 2. The van der Waals surface area contributed by atoms with Crippen molar-refractivity contribution in [3.63, 3.8) is 0 Å². The fourth-order valence-electron chi connectivity index (χ4n) is 4.44. The summed E-state index contributed by atoms with van der Waals surface area (Å²) in [5.74, 6) is 1.70. The number of benzene rings is 1. The van der Waals surface area contributed by atoms with Gasteiger partial charge in [-0.15, -0.1) is 0 Å². The first-order chi connectivity index (χ1) is 11.4. The van der Waals surface area contributed by atoms with Crippen LogP contribution in [0.1, 0.15) is 63.5 Å². The molecule has 2 fully saturated rings. The summed E-state index contributed by atoms with van der Waals surface area (Å²) in [6.45, 7) is 15.7. The molecule has 0 radical (unpaired) electrons. The van der Waals surface area contributed by atoms with Crippen molar-refractivity contribution in [1.29, 1.82) is 0 Å². The lowest BCUT2D eigenvalue weighted by molar-refractivity contribution is 0.0701. The summed E-state index contributed by atoms with van der Waals surface area (Å²) in [5, 5.41) is 0. The standard InChI is InChI=1S/C22H36N2/c1-18-5-7-20(8-6-18)21-11-13-23(14-12-21)17-19-9-15-24(16-10-19)22(2,3)4/h5-8,19,21H,9-17H2,1-4H3. The van der Waals surface area contributed by atoms with E-state index in [2.05, 4.69) is 61.8 Å². The second-order valence-corrected chi connectivity index (χ2v) is 9.09. The molecule has 2 aliphatic heterocycles. The molecule has 0 N–H and O–H groups in total. The first kappa shape index (κ1) is 17.9. The molecule has 2 heterocycles. The molecule has 0 aromatic heterocycles. The van der Waals surface area contributed by atoms with Crippen molar-refractivity contribution < 1.29 is 0 Å². The van der Waals surface area contributed by atoms with E-state index in [1.807, 2.05) is 0 Å². The molecule has 0 atom stereocenters. The average molecular weight is 329 g/mol. The first-order valence-corrected chi connectivity index (χ1v) is 9.96. The molecule has 0 bridgehead atoms. The lowest BCUT2D eigenvalue weighted by atomic mass is 9.87. The number of nitrogens with zero attached hydrogens (tertiary/aromatic N) is 2. The molecule has 1 aromatic rings. The summed E-state index contributed by atoms with van der Waals surface area (Å²) in [7, 11) is 0. The Bertz CT molecular complexity index is 498. The Balaban J connectivity index is 1.42. The molecule has 0 spiro atoms. The monoisotopic (exact) mass is 328 g/mol. The van der Waals surface area contributed by atoms with Crippen LogP contribution < -0.4 is 0 Å². The molecule has 0 unspecified atom stereocenters. The number of piperidine rings is 2. The van der Waals surface area contributed by atoms with E-state index in [1.54, 1.807) is 5.56 Å². The van der Waals surface area contributed by atoms with Gasteiger partial charge in [0, 0.05) is 12.1 Å². The predicted octanol–water partition coefficient (Wildman–Crippen LogP) is 4.68. The van der Waals surface area contributed by atoms with E-state index in [-0.39, 0.29) is 0 Å². The van der Waals surface area contributed by atoms with Gasteiger partial charge in [-0.1, -0.05) is 29.8 Å². The van der Waals surface area contributed by atoms with Crippen molar-refractivity contribution >= 4 is 0 Å². The molecule has 0 aliphatic carbocycles. The zero-order chi connectivity index (χ0) is 17.2. The van der Waals surface area contributed by atoms with Gasteiger partial charge in [0.25, 0.3) is 0 Å². The van der Waals surface area contributed by atoms with Crippen molar-refractivity contribution in [3.05, 3.63) is 35.4 Å². The molecule has 134 valence electrons.